The van der Waals surface area contributed by atoms with E-state index in [0.29, 0.717) is 29.7 Å². The van der Waals surface area contributed by atoms with Gasteiger partial charge in [-0.3, -0.25) is 9.59 Å². The molecule has 0 bridgehead atoms. The van der Waals surface area contributed by atoms with Crippen molar-refractivity contribution in [3.05, 3.63) is 75.6 Å². The molecule has 1 aliphatic heterocycles. The molecule has 1 amide bonds. The Bertz CT molecular complexity index is 1120. The second-order valence-corrected chi connectivity index (χ2v) is 8.05. The van der Waals surface area contributed by atoms with Gasteiger partial charge in [-0.05, 0) is 42.7 Å². The summed E-state index contributed by atoms with van der Waals surface area (Å²) < 4.78 is 11.8. The zero-order valence-electron chi connectivity index (χ0n) is 18.2. The molecule has 3 aromatic rings. The van der Waals surface area contributed by atoms with Crippen molar-refractivity contribution < 1.29 is 13.9 Å². The SMILES string of the molecule is CCCCCCOc1ccc(C2c3c(oc4ccccc4c3=O)C(=O)N2CCC)cc1. The fourth-order valence-electron chi connectivity index (χ4n) is 4.25. The van der Waals surface area contributed by atoms with E-state index in [0.717, 1.165) is 24.2 Å². The second-order valence-electron chi connectivity index (χ2n) is 8.05. The second kappa shape index (κ2) is 9.38. The van der Waals surface area contributed by atoms with Crippen LogP contribution >= 0.6 is 0 Å². The Morgan fingerprint density at radius 1 is 0.935 bits per heavy atom. The van der Waals surface area contributed by atoms with Crippen molar-refractivity contribution in [3.63, 3.8) is 0 Å². The van der Waals surface area contributed by atoms with Gasteiger partial charge in [-0.15, -0.1) is 0 Å². The van der Waals surface area contributed by atoms with Gasteiger partial charge in [0.2, 0.25) is 5.76 Å². The molecule has 2 aromatic carbocycles. The van der Waals surface area contributed by atoms with Crippen LogP contribution in [0.1, 0.15) is 73.7 Å². The van der Waals surface area contributed by atoms with Gasteiger partial charge in [0.05, 0.1) is 23.6 Å². The van der Waals surface area contributed by atoms with Gasteiger partial charge in [0.1, 0.15) is 11.3 Å². The first-order valence-corrected chi connectivity index (χ1v) is 11.2. The van der Waals surface area contributed by atoms with E-state index >= 15 is 0 Å². The van der Waals surface area contributed by atoms with Crippen molar-refractivity contribution in [2.24, 2.45) is 0 Å². The summed E-state index contributed by atoms with van der Waals surface area (Å²) in [4.78, 5) is 28.2. The van der Waals surface area contributed by atoms with E-state index in [2.05, 4.69) is 6.92 Å². The smallest absolute Gasteiger partial charge is 0.290 e. The van der Waals surface area contributed by atoms with Crippen LogP contribution in [0.4, 0.5) is 0 Å². The fourth-order valence-corrected chi connectivity index (χ4v) is 4.25. The summed E-state index contributed by atoms with van der Waals surface area (Å²) in [6, 6.07) is 14.4. The summed E-state index contributed by atoms with van der Waals surface area (Å²) in [5.74, 6) is 0.747. The predicted molar refractivity (Wildman–Crippen MR) is 122 cm³/mol. The number of carbonyl (C=O) groups excluding carboxylic acids is 1. The number of hydrogen-bond acceptors (Lipinski definition) is 4. The van der Waals surface area contributed by atoms with Crippen molar-refractivity contribution in [1.82, 2.24) is 4.90 Å². The largest absolute Gasteiger partial charge is 0.494 e. The average molecular weight is 420 g/mol. The van der Waals surface area contributed by atoms with Crippen molar-refractivity contribution in [2.45, 2.75) is 52.0 Å². The third kappa shape index (κ3) is 4.09. The fraction of sp³-hybridized carbons (Fsp3) is 0.385. The molecule has 2 heterocycles. The number of para-hydroxylation sites is 1. The number of fused-ring (bicyclic) bond motifs is 2. The number of unbranched alkanes of at least 4 members (excludes halogenated alkanes) is 3. The maximum Gasteiger partial charge on any atom is 0.290 e. The van der Waals surface area contributed by atoms with Crippen LogP contribution in [0.15, 0.2) is 57.7 Å². The molecule has 0 spiro atoms. The van der Waals surface area contributed by atoms with E-state index in [1.807, 2.05) is 37.3 Å². The minimum absolute atomic E-state index is 0.134. The van der Waals surface area contributed by atoms with Crippen LogP contribution in [0, 0.1) is 0 Å². The molecule has 0 saturated carbocycles. The molecule has 1 atom stereocenters. The summed E-state index contributed by atoms with van der Waals surface area (Å²) in [6.45, 7) is 5.46. The monoisotopic (exact) mass is 419 g/mol. The van der Waals surface area contributed by atoms with Crippen molar-refractivity contribution in [2.75, 3.05) is 13.2 Å². The van der Waals surface area contributed by atoms with E-state index < -0.39 is 6.04 Å². The Morgan fingerprint density at radius 2 is 1.71 bits per heavy atom. The van der Waals surface area contributed by atoms with Gasteiger partial charge in [0.25, 0.3) is 5.91 Å². The molecule has 0 fully saturated rings. The minimum atomic E-state index is -0.443. The number of rotatable bonds is 9. The maximum atomic E-state index is 13.3. The number of amides is 1. The van der Waals surface area contributed by atoms with E-state index in [9.17, 15) is 9.59 Å². The molecule has 0 N–H and O–H groups in total. The van der Waals surface area contributed by atoms with Gasteiger partial charge >= 0.3 is 0 Å². The van der Waals surface area contributed by atoms with Gasteiger partial charge < -0.3 is 14.1 Å². The summed E-state index contributed by atoms with van der Waals surface area (Å²) in [7, 11) is 0. The van der Waals surface area contributed by atoms with E-state index in [4.69, 9.17) is 9.15 Å². The molecule has 1 aromatic heterocycles. The van der Waals surface area contributed by atoms with Gasteiger partial charge in [-0.1, -0.05) is 57.4 Å². The Labute approximate surface area is 182 Å². The molecule has 5 nitrogen and oxygen atoms in total. The van der Waals surface area contributed by atoms with Crippen LogP contribution in [-0.2, 0) is 0 Å². The first kappa shape index (κ1) is 21.2. The number of benzene rings is 2. The molecule has 0 saturated heterocycles. The summed E-state index contributed by atoms with van der Waals surface area (Å²) in [5.41, 5.74) is 1.64. The van der Waals surface area contributed by atoms with Crippen LogP contribution in [0.2, 0.25) is 0 Å². The van der Waals surface area contributed by atoms with Crippen molar-refractivity contribution >= 4 is 16.9 Å². The molecular weight excluding hydrogens is 390 g/mol. The minimum Gasteiger partial charge on any atom is -0.494 e. The number of carbonyl (C=O) groups is 1. The number of nitrogens with zero attached hydrogens (tertiary/aromatic N) is 1. The zero-order valence-corrected chi connectivity index (χ0v) is 18.2. The highest BCUT2D eigenvalue weighted by atomic mass is 16.5. The van der Waals surface area contributed by atoms with Gasteiger partial charge in [-0.25, -0.2) is 0 Å². The first-order valence-electron chi connectivity index (χ1n) is 11.2. The Morgan fingerprint density at radius 3 is 2.45 bits per heavy atom. The first-order chi connectivity index (χ1) is 15.2. The molecule has 4 rings (SSSR count). The lowest BCUT2D eigenvalue weighted by molar-refractivity contribution is 0.0728. The standard InChI is InChI=1S/C26H29NO4/c1-3-5-6-9-17-30-19-14-12-18(13-15-19)23-22-24(28)20-10-7-8-11-21(20)31-25(22)26(29)27(23)16-4-2/h7-8,10-15,23H,3-6,9,16-17H2,1-2H3. The highest BCUT2D eigenvalue weighted by Crippen LogP contribution is 2.38. The van der Waals surface area contributed by atoms with Crippen molar-refractivity contribution in [1.29, 1.82) is 0 Å². The number of ether oxygens (including phenoxy) is 1. The molecule has 1 aliphatic rings. The Hall–Kier alpha value is -3.08. The summed E-state index contributed by atoms with van der Waals surface area (Å²) >= 11 is 0. The third-order valence-corrected chi connectivity index (χ3v) is 5.80. The zero-order chi connectivity index (χ0) is 21.8. The normalized spacial score (nSPS) is 15.5. The van der Waals surface area contributed by atoms with Crippen LogP contribution in [-0.4, -0.2) is 24.0 Å². The Kier molecular flexibility index (Phi) is 6.40. The lowest BCUT2D eigenvalue weighted by atomic mass is 9.98. The molecule has 1 unspecified atom stereocenters. The van der Waals surface area contributed by atoms with Crippen LogP contribution in [0.3, 0.4) is 0 Å². The topological polar surface area (TPSA) is 59.8 Å². The van der Waals surface area contributed by atoms with Crippen LogP contribution in [0.25, 0.3) is 11.0 Å². The predicted octanol–water partition coefficient (Wildman–Crippen LogP) is 5.71. The highest BCUT2D eigenvalue weighted by molar-refractivity contribution is 5.99. The Balaban J connectivity index is 1.66. The van der Waals surface area contributed by atoms with E-state index in [1.54, 1.807) is 23.1 Å². The van der Waals surface area contributed by atoms with Crippen LogP contribution < -0.4 is 10.2 Å². The lowest BCUT2D eigenvalue weighted by Crippen LogP contribution is -2.30. The summed E-state index contributed by atoms with van der Waals surface area (Å²) in [5, 5.41) is 0.504. The summed E-state index contributed by atoms with van der Waals surface area (Å²) in [6.07, 6.45) is 5.43. The van der Waals surface area contributed by atoms with Gasteiger partial charge in [-0.2, -0.15) is 0 Å². The highest BCUT2D eigenvalue weighted by Gasteiger charge is 2.42. The van der Waals surface area contributed by atoms with Crippen LogP contribution in [0.5, 0.6) is 5.75 Å². The van der Waals surface area contributed by atoms with E-state index in [-0.39, 0.29) is 17.1 Å². The molecule has 162 valence electrons. The van der Waals surface area contributed by atoms with Gasteiger partial charge in [0, 0.05) is 6.54 Å². The molecule has 0 radical (unpaired) electrons. The third-order valence-electron chi connectivity index (χ3n) is 5.80. The van der Waals surface area contributed by atoms with Gasteiger partial charge in [0.15, 0.2) is 5.43 Å². The van der Waals surface area contributed by atoms with E-state index in [1.165, 1.54) is 19.3 Å². The maximum absolute atomic E-state index is 13.3. The lowest BCUT2D eigenvalue weighted by Gasteiger charge is -2.24. The molecule has 31 heavy (non-hydrogen) atoms. The molecule has 5 heteroatoms. The quantitative estimate of drug-likeness (QED) is 0.417. The average Bonchev–Trinajstić information content (AvgIpc) is 3.07. The molecular formula is C26H29NO4. The molecule has 0 aliphatic carbocycles. The van der Waals surface area contributed by atoms with Crippen molar-refractivity contribution in [3.8, 4) is 5.75 Å². The number of hydrogen-bond donors (Lipinski definition) is 0.